The minimum absolute atomic E-state index is 0.235. The molecule has 1 aromatic rings. The molecule has 0 bridgehead atoms. The summed E-state index contributed by atoms with van der Waals surface area (Å²) < 4.78 is 24.7. The fourth-order valence-corrected chi connectivity index (χ4v) is 3.62. The first kappa shape index (κ1) is 16.1. The monoisotopic (exact) mass is 327 g/mol. The summed E-state index contributed by atoms with van der Waals surface area (Å²) in [6.45, 7) is 1.74. The first-order chi connectivity index (χ1) is 9.90. The molecule has 1 aliphatic heterocycles. The fraction of sp³-hybridized carbons (Fsp3) is 0.500. The number of anilines is 1. The van der Waals surface area contributed by atoms with Gasteiger partial charge in [-0.2, -0.15) is 5.26 Å². The van der Waals surface area contributed by atoms with E-state index in [9.17, 15) is 8.42 Å². The van der Waals surface area contributed by atoms with Crippen LogP contribution in [0.5, 0.6) is 0 Å². The van der Waals surface area contributed by atoms with E-state index in [-0.39, 0.29) is 5.92 Å². The molecule has 0 radical (unpaired) electrons. The molecule has 0 aromatic heterocycles. The fourth-order valence-electron chi connectivity index (χ4n) is 2.51. The Balaban J connectivity index is 2.00. The molecule has 7 heteroatoms. The summed E-state index contributed by atoms with van der Waals surface area (Å²) in [5.74, 6) is 0.235. The van der Waals surface area contributed by atoms with Gasteiger partial charge in [-0.25, -0.2) is 12.7 Å². The van der Waals surface area contributed by atoms with E-state index in [0.717, 1.165) is 12.8 Å². The molecule has 1 unspecified atom stereocenters. The average Bonchev–Trinajstić information content (AvgIpc) is 2.45. The van der Waals surface area contributed by atoms with Gasteiger partial charge in [0.25, 0.3) is 0 Å². The third-order valence-electron chi connectivity index (χ3n) is 3.63. The number of hydrogen-bond donors (Lipinski definition) is 1. The molecule has 1 aliphatic rings. The lowest BCUT2D eigenvalue weighted by atomic mass is 9.99. The van der Waals surface area contributed by atoms with E-state index >= 15 is 0 Å². The molecular formula is C14H18ClN3O2S. The molecule has 0 spiro atoms. The summed E-state index contributed by atoms with van der Waals surface area (Å²) in [5.41, 5.74) is 1.23. The van der Waals surface area contributed by atoms with Crippen molar-refractivity contribution in [1.82, 2.24) is 4.31 Å². The van der Waals surface area contributed by atoms with Crippen LogP contribution in [0.3, 0.4) is 0 Å². The largest absolute Gasteiger partial charge is 0.384 e. The summed E-state index contributed by atoms with van der Waals surface area (Å²) in [6.07, 6.45) is 3.08. The zero-order valence-corrected chi connectivity index (χ0v) is 13.4. The molecule has 0 aliphatic carbocycles. The molecule has 1 heterocycles. The van der Waals surface area contributed by atoms with Gasteiger partial charge in [0.05, 0.1) is 17.5 Å². The van der Waals surface area contributed by atoms with Crippen LogP contribution in [0.4, 0.5) is 5.69 Å². The highest BCUT2D eigenvalue weighted by molar-refractivity contribution is 7.88. The Bertz CT molecular complexity index is 655. The predicted molar refractivity (Wildman–Crippen MR) is 83.8 cm³/mol. The number of piperidine rings is 1. The number of nitriles is 1. The highest BCUT2D eigenvalue weighted by atomic mass is 35.5. The van der Waals surface area contributed by atoms with Crippen molar-refractivity contribution >= 4 is 27.3 Å². The van der Waals surface area contributed by atoms with Crippen molar-refractivity contribution in [1.29, 1.82) is 5.26 Å². The van der Waals surface area contributed by atoms with E-state index in [0.29, 0.717) is 35.9 Å². The Labute approximate surface area is 130 Å². The second kappa shape index (κ2) is 6.65. The second-order valence-corrected chi connectivity index (χ2v) is 7.73. The van der Waals surface area contributed by atoms with Gasteiger partial charge in [0, 0.05) is 24.7 Å². The van der Waals surface area contributed by atoms with Gasteiger partial charge in [0.15, 0.2) is 0 Å². The Morgan fingerprint density at radius 2 is 2.29 bits per heavy atom. The molecule has 0 amide bonds. The maximum atomic E-state index is 11.6. The molecule has 5 nitrogen and oxygen atoms in total. The quantitative estimate of drug-likeness (QED) is 0.921. The lowest BCUT2D eigenvalue weighted by Gasteiger charge is -2.31. The normalized spacial score (nSPS) is 20.0. The smallest absolute Gasteiger partial charge is 0.211 e. The standard InChI is InChI=1S/C14H18ClN3O2S/c1-21(19,20)18-6-2-3-11(10-18)9-17-14-7-13(15)5-4-12(14)8-16/h4-5,7,11,17H,2-3,6,9-10H2,1H3. The van der Waals surface area contributed by atoms with Crippen LogP contribution in [0.15, 0.2) is 18.2 Å². The van der Waals surface area contributed by atoms with Crippen LogP contribution in [-0.4, -0.2) is 38.6 Å². The number of nitrogens with one attached hydrogen (secondary N) is 1. The molecule has 0 saturated carbocycles. The van der Waals surface area contributed by atoms with Crippen molar-refractivity contribution in [3.05, 3.63) is 28.8 Å². The Morgan fingerprint density at radius 3 is 2.95 bits per heavy atom. The van der Waals surface area contributed by atoms with Crippen LogP contribution in [0.25, 0.3) is 0 Å². The zero-order valence-electron chi connectivity index (χ0n) is 11.8. The number of benzene rings is 1. The molecular weight excluding hydrogens is 310 g/mol. The number of halogens is 1. The van der Waals surface area contributed by atoms with E-state index in [1.54, 1.807) is 18.2 Å². The highest BCUT2D eigenvalue weighted by Gasteiger charge is 2.25. The molecule has 1 N–H and O–H groups in total. The molecule has 1 fully saturated rings. The van der Waals surface area contributed by atoms with Crippen LogP contribution in [0.1, 0.15) is 18.4 Å². The third kappa shape index (κ3) is 4.34. The lowest BCUT2D eigenvalue weighted by molar-refractivity contribution is 0.277. The van der Waals surface area contributed by atoms with Crippen LogP contribution < -0.4 is 5.32 Å². The van der Waals surface area contributed by atoms with Gasteiger partial charge in [-0.05, 0) is 37.0 Å². The van der Waals surface area contributed by atoms with Crippen molar-refractivity contribution in [3.8, 4) is 6.07 Å². The number of sulfonamides is 1. The van der Waals surface area contributed by atoms with Gasteiger partial charge in [-0.15, -0.1) is 0 Å². The molecule has 1 aromatic carbocycles. The minimum atomic E-state index is -3.13. The van der Waals surface area contributed by atoms with E-state index in [1.807, 2.05) is 0 Å². The number of rotatable bonds is 4. The van der Waals surface area contributed by atoms with Crippen LogP contribution >= 0.6 is 11.6 Å². The third-order valence-corrected chi connectivity index (χ3v) is 5.14. The first-order valence-corrected chi connectivity index (χ1v) is 9.01. The average molecular weight is 328 g/mol. The van der Waals surface area contributed by atoms with Gasteiger partial charge >= 0.3 is 0 Å². The summed E-state index contributed by atoms with van der Waals surface area (Å²) >= 11 is 5.94. The van der Waals surface area contributed by atoms with Gasteiger partial charge < -0.3 is 5.32 Å². The molecule has 1 saturated heterocycles. The van der Waals surface area contributed by atoms with Crippen molar-refractivity contribution in [2.75, 3.05) is 31.2 Å². The SMILES string of the molecule is CS(=O)(=O)N1CCCC(CNc2cc(Cl)ccc2C#N)C1. The van der Waals surface area contributed by atoms with Crippen LogP contribution in [-0.2, 0) is 10.0 Å². The number of hydrogen-bond acceptors (Lipinski definition) is 4. The van der Waals surface area contributed by atoms with E-state index in [2.05, 4.69) is 11.4 Å². The lowest BCUT2D eigenvalue weighted by Crippen LogP contribution is -2.41. The van der Waals surface area contributed by atoms with E-state index in [4.69, 9.17) is 16.9 Å². The predicted octanol–water partition coefficient (Wildman–Crippen LogP) is 2.30. The van der Waals surface area contributed by atoms with Gasteiger partial charge in [-0.1, -0.05) is 11.6 Å². The van der Waals surface area contributed by atoms with Crippen LogP contribution in [0, 0.1) is 17.2 Å². The van der Waals surface area contributed by atoms with Gasteiger partial charge in [0.1, 0.15) is 6.07 Å². The zero-order chi connectivity index (χ0) is 15.5. The van der Waals surface area contributed by atoms with E-state index in [1.165, 1.54) is 10.6 Å². The van der Waals surface area contributed by atoms with Crippen molar-refractivity contribution in [2.45, 2.75) is 12.8 Å². The number of nitrogens with zero attached hydrogens (tertiary/aromatic N) is 2. The Hall–Kier alpha value is -1.29. The first-order valence-electron chi connectivity index (χ1n) is 6.79. The summed E-state index contributed by atoms with van der Waals surface area (Å²) in [5, 5.41) is 12.9. The van der Waals surface area contributed by atoms with Crippen molar-refractivity contribution in [3.63, 3.8) is 0 Å². The van der Waals surface area contributed by atoms with Crippen LogP contribution in [0.2, 0.25) is 5.02 Å². The van der Waals surface area contributed by atoms with Gasteiger partial charge in [-0.3, -0.25) is 0 Å². The summed E-state index contributed by atoms with van der Waals surface area (Å²) in [4.78, 5) is 0. The Kier molecular flexibility index (Phi) is 5.09. The maximum absolute atomic E-state index is 11.6. The van der Waals surface area contributed by atoms with E-state index < -0.39 is 10.0 Å². The molecule has 114 valence electrons. The summed E-state index contributed by atoms with van der Waals surface area (Å²) in [7, 11) is -3.13. The second-order valence-electron chi connectivity index (χ2n) is 5.31. The molecule has 2 rings (SSSR count). The topological polar surface area (TPSA) is 73.2 Å². The molecule has 21 heavy (non-hydrogen) atoms. The van der Waals surface area contributed by atoms with Crippen molar-refractivity contribution in [2.24, 2.45) is 5.92 Å². The maximum Gasteiger partial charge on any atom is 0.211 e. The highest BCUT2D eigenvalue weighted by Crippen LogP contribution is 2.23. The van der Waals surface area contributed by atoms with Crippen molar-refractivity contribution < 1.29 is 8.42 Å². The minimum Gasteiger partial charge on any atom is -0.384 e. The summed E-state index contributed by atoms with van der Waals surface area (Å²) in [6, 6.07) is 7.19. The van der Waals surface area contributed by atoms with Gasteiger partial charge in [0.2, 0.25) is 10.0 Å². The molecule has 1 atom stereocenters. The Morgan fingerprint density at radius 1 is 1.52 bits per heavy atom.